The van der Waals surface area contributed by atoms with Crippen molar-refractivity contribution >= 4 is 15.9 Å². The Balaban J connectivity index is 3.12. The highest BCUT2D eigenvalue weighted by molar-refractivity contribution is 9.10. The molecule has 1 aromatic rings. The van der Waals surface area contributed by atoms with Crippen LogP contribution in [0.3, 0.4) is 0 Å². The van der Waals surface area contributed by atoms with Gasteiger partial charge in [0.25, 0.3) is 0 Å². The zero-order chi connectivity index (χ0) is 14.2. The topological polar surface area (TPSA) is 35.0 Å². The van der Waals surface area contributed by atoms with Gasteiger partial charge in [-0.3, -0.25) is 0 Å². The summed E-state index contributed by atoms with van der Waals surface area (Å²) in [6, 6.07) is 0. The number of rotatable bonds is 2. The predicted molar refractivity (Wildman–Crippen MR) is 45.5 cm³/mol. The summed E-state index contributed by atoms with van der Waals surface area (Å²) in [5.41, 5.74) is 0. The Morgan fingerprint density at radius 1 is 1.64 bits per heavy atom. The molecular formula is C7H9BrN2O. The van der Waals surface area contributed by atoms with Crippen molar-refractivity contribution in [2.75, 3.05) is 0 Å². The van der Waals surface area contributed by atoms with Gasteiger partial charge < -0.3 is 4.74 Å². The first-order valence-corrected chi connectivity index (χ1v) is 3.43. The van der Waals surface area contributed by atoms with E-state index in [1.165, 1.54) is 6.20 Å². The van der Waals surface area contributed by atoms with Crippen LogP contribution in [0.25, 0.3) is 0 Å². The summed E-state index contributed by atoms with van der Waals surface area (Å²) in [5.74, 6) is -0.347. The highest BCUT2D eigenvalue weighted by Crippen LogP contribution is 2.09. The maximum Gasteiger partial charge on any atom is 0.232 e. The van der Waals surface area contributed by atoms with E-state index in [1.54, 1.807) is 0 Å². The summed E-state index contributed by atoms with van der Waals surface area (Å²) in [4.78, 5) is 7.34. The largest absolute Gasteiger partial charge is 0.474 e. The molecule has 1 heterocycles. The Morgan fingerprint density at radius 2 is 2.45 bits per heavy atom. The lowest BCUT2D eigenvalue weighted by atomic mass is 10.5. The zero-order valence-corrected chi connectivity index (χ0v) is 6.92. The van der Waals surface area contributed by atoms with Gasteiger partial charge in [-0.2, -0.15) is 0 Å². The lowest BCUT2D eigenvalue weighted by molar-refractivity contribution is 0.231. The number of aromatic nitrogens is 2. The molecule has 0 N–H and O–H groups in total. The summed E-state index contributed by atoms with van der Waals surface area (Å²) < 4.78 is 55.5. The summed E-state index contributed by atoms with van der Waals surface area (Å²) in [6.07, 6.45) is -0.859. The summed E-state index contributed by atoms with van der Waals surface area (Å²) in [5, 5.41) is 0. The van der Waals surface area contributed by atoms with Crippen molar-refractivity contribution < 1.29 is 14.3 Å². The molecule has 0 atom stereocenters. The molecule has 0 bridgehead atoms. The Kier molecular flexibility index (Phi) is 1.00. The molecule has 4 heteroatoms. The van der Waals surface area contributed by atoms with Crippen LogP contribution < -0.4 is 4.74 Å². The van der Waals surface area contributed by atoms with E-state index in [0.29, 0.717) is 4.60 Å². The van der Waals surface area contributed by atoms with Gasteiger partial charge >= 0.3 is 0 Å². The molecule has 1 rings (SSSR count). The molecule has 0 spiro atoms. The van der Waals surface area contributed by atoms with Crippen LogP contribution in [-0.2, 0) is 0 Å². The molecule has 11 heavy (non-hydrogen) atoms. The normalized spacial score (nSPS) is 22.8. The number of hydrogen-bond donors (Lipinski definition) is 0. The second-order valence-corrected chi connectivity index (χ2v) is 2.42. The van der Waals surface area contributed by atoms with Gasteiger partial charge in [0.2, 0.25) is 5.88 Å². The molecule has 0 aliphatic carbocycles. The first-order chi connectivity index (χ1) is 7.97. The minimum atomic E-state index is -3.16. The van der Waals surface area contributed by atoms with Crippen LogP contribution in [0, 0.1) is 0 Å². The van der Waals surface area contributed by atoms with E-state index < -0.39 is 19.8 Å². The third-order valence-corrected chi connectivity index (χ3v) is 1.21. The van der Waals surface area contributed by atoms with Gasteiger partial charge in [-0.1, -0.05) is 0 Å². The molecule has 0 amide bonds. The first kappa shape index (κ1) is 3.01. The highest BCUT2D eigenvalue weighted by Gasteiger charge is 1.97. The lowest BCUT2D eigenvalue weighted by Gasteiger charge is -2.06. The Morgan fingerprint density at radius 3 is 3.00 bits per heavy atom. The summed E-state index contributed by atoms with van der Waals surface area (Å²) in [6.45, 7) is -6.32. The molecule has 0 aromatic carbocycles. The van der Waals surface area contributed by atoms with E-state index in [0.717, 1.165) is 6.20 Å². The van der Waals surface area contributed by atoms with E-state index >= 15 is 0 Å². The fraction of sp³-hybridized carbons (Fsp3) is 0.429. The lowest BCUT2D eigenvalue weighted by Crippen LogP contribution is -2.06. The zero-order valence-electron chi connectivity index (χ0n) is 12.3. The van der Waals surface area contributed by atoms with E-state index in [1.807, 2.05) is 0 Å². The predicted octanol–water partition coefficient (Wildman–Crippen LogP) is 2.03. The Bertz CT molecular complexity index is 401. The van der Waals surface area contributed by atoms with Crippen LogP contribution in [-0.4, -0.2) is 16.0 Å². The van der Waals surface area contributed by atoms with Crippen molar-refractivity contribution in [1.29, 1.82) is 0 Å². The maximum atomic E-state index is 7.59. The summed E-state index contributed by atoms with van der Waals surface area (Å²) >= 11 is 3.01. The van der Waals surface area contributed by atoms with Crippen LogP contribution in [0.15, 0.2) is 17.0 Å². The first-order valence-electron chi connectivity index (χ1n) is 6.14. The second kappa shape index (κ2) is 3.67. The molecule has 0 aliphatic rings. The monoisotopic (exact) mass is 223 g/mol. The highest BCUT2D eigenvalue weighted by atomic mass is 79.9. The average molecular weight is 224 g/mol. The van der Waals surface area contributed by atoms with E-state index in [9.17, 15) is 0 Å². The van der Waals surface area contributed by atoms with Gasteiger partial charge in [-0.15, -0.1) is 0 Å². The molecule has 0 radical (unpaired) electrons. The molecule has 1 aromatic heterocycles. The molecule has 0 unspecified atom stereocenters. The molecule has 3 nitrogen and oxygen atoms in total. The number of hydrogen-bond acceptors (Lipinski definition) is 3. The van der Waals surface area contributed by atoms with E-state index in [-0.39, 0.29) is 5.88 Å². The Labute approximate surface area is 83.8 Å². The third kappa shape index (κ3) is 2.84. The minimum Gasteiger partial charge on any atom is -0.474 e. The fourth-order valence-electron chi connectivity index (χ4n) is 0.458. The number of nitrogens with zero attached hydrogens (tertiary/aromatic N) is 2. The minimum absolute atomic E-state index is 0.347. The van der Waals surface area contributed by atoms with Crippen LogP contribution in [0.4, 0.5) is 0 Å². The van der Waals surface area contributed by atoms with Crippen molar-refractivity contribution in [3.63, 3.8) is 0 Å². The van der Waals surface area contributed by atoms with E-state index in [2.05, 4.69) is 25.9 Å². The van der Waals surface area contributed by atoms with Crippen LogP contribution in [0.5, 0.6) is 5.88 Å². The molecule has 0 saturated heterocycles. The standard InChI is InChI=1S/C7H9BrN2O/c1-5(2)11-7-4-9-6(8)3-10-7/h3-5H,1-2H3/i1D3,2D3,5D. The van der Waals surface area contributed by atoms with Crippen molar-refractivity contribution in [3.8, 4) is 5.88 Å². The Hall–Kier alpha value is -0.640. The second-order valence-electron chi connectivity index (χ2n) is 1.61. The van der Waals surface area contributed by atoms with Gasteiger partial charge in [-0.25, -0.2) is 9.97 Å². The molecular weight excluding hydrogens is 208 g/mol. The van der Waals surface area contributed by atoms with Crippen molar-refractivity contribution in [2.45, 2.75) is 19.8 Å². The van der Waals surface area contributed by atoms with Crippen LogP contribution in [0.2, 0.25) is 0 Å². The quantitative estimate of drug-likeness (QED) is 0.770. The van der Waals surface area contributed by atoms with Gasteiger partial charge in [0.1, 0.15) is 4.60 Å². The fourth-order valence-corrected chi connectivity index (χ4v) is 0.662. The SMILES string of the molecule is [2H]C([2H])([2H])C([2H])(Oc1cnc(Br)cn1)C([2H])([2H])[2H]. The van der Waals surface area contributed by atoms with Crippen molar-refractivity contribution in [1.82, 2.24) is 9.97 Å². The number of ether oxygens (including phenoxy) is 1. The van der Waals surface area contributed by atoms with Gasteiger partial charge in [-0.05, 0) is 29.6 Å². The van der Waals surface area contributed by atoms with Crippen molar-refractivity contribution in [3.05, 3.63) is 17.0 Å². The third-order valence-electron chi connectivity index (χ3n) is 0.803. The van der Waals surface area contributed by atoms with Crippen LogP contribution >= 0.6 is 15.9 Å². The van der Waals surface area contributed by atoms with Gasteiger partial charge in [0, 0.05) is 8.22 Å². The smallest absolute Gasteiger partial charge is 0.232 e. The molecule has 60 valence electrons. The van der Waals surface area contributed by atoms with E-state index in [4.69, 9.17) is 14.3 Å². The molecule has 0 fully saturated rings. The summed E-state index contributed by atoms with van der Waals surface area (Å²) in [7, 11) is 0. The van der Waals surface area contributed by atoms with Gasteiger partial charge in [0.05, 0.1) is 19.8 Å². The van der Waals surface area contributed by atoms with Crippen molar-refractivity contribution in [2.24, 2.45) is 0 Å². The maximum absolute atomic E-state index is 7.59. The molecule has 0 aliphatic heterocycles. The van der Waals surface area contributed by atoms with Crippen LogP contribution in [0.1, 0.15) is 23.3 Å². The molecule has 0 saturated carbocycles. The number of halogens is 1. The van der Waals surface area contributed by atoms with Gasteiger partial charge in [0.15, 0.2) is 0 Å². The average Bonchev–Trinajstić information content (AvgIpc) is 2.18.